The number of ether oxygens (including phenoxy) is 1. The van der Waals surface area contributed by atoms with E-state index in [4.69, 9.17) is 10.5 Å². The predicted octanol–water partition coefficient (Wildman–Crippen LogP) is 4.12. The van der Waals surface area contributed by atoms with Crippen LogP contribution in [0.25, 0.3) is 0 Å². The predicted molar refractivity (Wildman–Crippen MR) is 125 cm³/mol. The first kappa shape index (κ1) is 24.0. The van der Waals surface area contributed by atoms with E-state index in [1.54, 1.807) is 12.1 Å². The second-order valence-corrected chi connectivity index (χ2v) is 10.9. The summed E-state index contributed by atoms with van der Waals surface area (Å²) in [6.07, 6.45) is 8.11. The fourth-order valence-corrected chi connectivity index (χ4v) is 6.01. The Balaban J connectivity index is 1.44. The number of hydrogen-bond acceptors (Lipinski definition) is 4. The molecular weight excluding hydrogens is 421 g/mol. The number of cyclic esters (lactones) is 1. The highest BCUT2D eigenvalue weighted by atomic mass is 19.1. The van der Waals surface area contributed by atoms with Gasteiger partial charge in [-0.05, 0) is 75.0 Å². The number of halogens is 1. The molecule has 1 aliphatic carbocycles. The zero-order valence-corrected chi connectivity index (χ0v) is 20.0. The second-order valence-electron chi connectivity index (χ2n) is 10.9. The highest BCUT2D eigenvalue weighted by Crippen LogP contribution is 2.47. The fraction of sp³-hybridized carbons (Fsp3) is 0.692. The summed E-state index contributed by atoms with van der Waals surface area (Å²) < 4.78 is 18.6. The van der Waals surface area contributed by atoms with Gasteiger partial charge in [0.2, 0.25) is 5.91 Å². The Hall–Kier alpha value is -2.15. The molecule has 2 N–H and O–H groups in total. The van der Waals surface area contributed by atoms with Crippen molar-refractivity contribution >= 4 is 12.0 Å². The van der Waals surface area contributed by atoms with Gasteiger partial charge < -0.3 is 15.4 Å². The highest BCUT2D eigenvalue weighted by molar-refractivity contribution is 5.82. The maximum atomic E-state index is 13.2. The molecule has 4 rings (SSSR count). The van der Waals surface area contributed by atoms with Gasteiger partial charge in [0.15, 0.2) is 0 Å². The van der Waals surface area contributed by atoms with Crippen molar-refractivity contribution in [1.29, 1.82) is 0 Å². The molecule has 1 saturated carbocycles. The molecule has 7 heteroatoms. The number of nitrogens with two attached hydrogens (primary N) is 1. The van der Waals surface area contributed by atoms with Crippen LogP contribution in [0.2, 0.25) is 0 Å². The van der Waals surface area contributed by atoms with Gasteiger partial charge in [0.25, 0.3) is 0 Å². The Bertz CT molecular complexity index is 843. The average Bonchev–Trinajstić information content (AvgIpc) is 3.07. The van der Waals surface area contributed by atoms with Crippen LogP contribution in [0.4, 0.5) is 9.18 Å². The number of likely N-dealkylation sites (tertiary alicyclic amines) is 1. The topological polar surface area (TPSA) is 75.9 Å². The van der Waals surface area contributed by atoms with E-state index in [-0.39, 0.29) is 28.8 Å². The third-order valence-electron chi connectivity index (χ3n) is 8.20. The summed E-state index contributed by atoms with van der Waals surface area (Å²) in [5.74, 6) is 0.233. The largest absolute Gasteiger partial charge is 0.447 e. The van der Waals surface area contributed by atoms with Crippen molar-refractivity contribution in [3.05, 3.63) is 35.6 Å². The molecule has 3 aliphatic rings. The van der Waals surface area contributed by atoms with Gasteiger partial charge in [0.1, 0.15) is 12.4 Å². The number of piperidine rings is 1. The lowest BCUT2D eigenvalue weighted by atomic mass is 9.63. The van der Waals surface area contributed by atoms with Crippen LogP contribution in [-0.4, -0.2) is 59.6 Å². The molecule has 33 heavy (non-hydrogen) atoms. The first-order valence-electron chi connectivity index (χ1n) is 12.4. The lowest BCUT2D eigenvalue weighted by molar-refractivity contribution is -0.136. The first-order valence-corrected chi connectivity index (χ1v) is 12.4. The summed E-state index contributed by atoms with van der Waals surface area (Å²) in [4.78, 5) is 29.5. The van der Waals surface area contributed by atoms with Crippen molar-refractivity contribution in [1.82, 2.24) is 9.80 Å². The van der Waals surface area contributed by atoms with E-state index in [1.807, 2.05) is 9.80 Å². The molecule has 2 saturated heterocycles. The third-order valence-corrected chi connectivity index (χ3v) is 8.20. The molecule has 1 aromatic carbocycles. The summed E-state index contributed by atoms with van der Waals surface area (Å²) in [6, 6.07) is 5.53. The molecule has 1 unspecified atom stereocenters. The number of nitrogens with zero attached hydrogens (tertiary/aromatic N) is 2. The van der Waals surface area contributed by atoms with Gasteiger partial charge >= 0.3 is 6.09 Å². The summed E-state index contributed by atoms with van der Waals surface area (Å²) >= 11 is 0. The molecule has 2 heterocycles. The van der Waals surface area contributed by atoms with E-state index in [9.17, 15) is 14.0 Å². The standard InChI is InChI=1S/C26H38FN3O3/c1-25(2)18-33-24(32)30(25)17-26(20-6-4-3-5-7-20)12-14-29(15-13-26)23(31)22(28)16-19-8-10-21(27)11-9-19/h8-11,20,22H,3-7,12-18,28H2,1-2H3. The van der Waals surface area contributed by atoms with Crippen LogP contribution in [0.1, 0.15) is 64.4 Å². The first-order chi connectivity index (χ1) is 15.7. The molecule has 6 nitrogen and oxygen atoms in total. The molecule has 2 amide bonds. The van der Waals surface area contributed by atoms with Crippen molar-refractivity contribution in [2.24, 2.45) is 17.1 Å². The summed E-state index contributed by atoms with van der Waals surface area (Å²) in [7, 11) is 0. The van der Waals surface area contributed by atoms with Gasteiger partial charge in [-0.25, -0.2) is 9.18 Å². The van der Waals surface area contributed by atoms with Crippen LogP contribution < -0.4 is 5.73 Å². The molecule has 0 aromatic heterocycles. The van der Waals surface area contributed by atoms with Crippen LogP contribution in [-0.2, 0) is 16.0 Å². The minimum Gasteiger partial charge on any atom is -0.447 e. The van der Waals surface area contributed by atoms with Crippen LogP contribution in [0, 0.1) is 17.2 Å². The van der Waals surface area contributed by atoms with Crippen molar-refractivity contribution < 1.29 is 18.7 Å². The Morgan fingerprint density at radius 1 is 1.15 bits per heavy atom. The molecular formula is C26H38FN3O3. The van der Waals surface area contributed by atoms with E-state index >= 15 is 0 Å². The van der Waals surface area contributed by atoms with Gasteiger partial charge in [-0.1, -0.05) is 31.4 Å². The fourth-order valence-electron chi connectivity index (χ4n) is 6.01. The zero-order chi connectivity index (χ0) is 23.6. The van der Waals surface area contributed by atoms with Gasteiger partial charge in [0.05, 0.1) is 11.6 Å². The Morgan fingerprint density at radius 3 is 2.36 bits per heavy atom. The minimum atomic E-state index is -0.634. The van der Waals surface area contributed by atoms with Crippen molar-refractivity contribution in [3.8, 4) is 0 Å². The molecule has 0 radical (unpaired) electrons. The maximum Gasteiger partial charge on any atom is 0.410 e. The highest BCUT2D eigenvalue weighted by Gasteiger charge is 2.49. The van der Waals surface area contributed by atoms with Gasteiger partial charge in [0, 0.05) is 19.6 Å². The zero-order valence-electron chi connectivity index (χ0n) is 20.0. The van der Waals surface area contributed by atoms with Gasteiger partial charge in [-0.2, -0.15) is 0 Å². The van der Waals surface area contributed by atoms with Gasteiger partial charge in [-0.15, -0.1) is 0 Å². The Morgan fingerprint density at radius 2 is 1.79 bits per heavy atom. The molecule has 182 valence electrons. The SMILES string of the molecule is CC1(C)COC(=O)N1CC1(C2CCCCC2)CCN(C(=O)C(N)Cc2ccc(F)cc2)CC1. The Kier molecular flexibility index (Phi) is 6.99. The van der Waals surface area contributed by atoms with E-state index in [0.29, 0.717) is 38.6 Å². The van der Waals surface area contributed by atoms with E-state index < -0.39 is 6.04 Å². The second kappa shape index (κ2) is 9.61. The number of benzene rings is 1. The quantitative estimate of drug-likeness (QED) is 0.695. The normalized spacial score (nSPS) is 23.9. The van der Waals surface area contributed by atoms with E-state index in [1.165, 1.54) is 44.2 Å². The smallest absolute Gasteiger partial charge is 0.410 e. The third kappa shape index (κ3) is 5.18. The van der Waals surface area contributed by atoms with E-state index in [0.717, 1.165) is 18.4 Å². The van der Waals surface area contributed by atoms with Crippen LogP contribution in [0.15, 0.2) is 24.3 Å². The van der Waals surface area contributed by atoms with E-state index in [2.05, 4.69) is 13.8 Å². The lowest BCUT2D eigenvalue weighted by Gasteiger charge is -2.50. The Labute approximate surface area is 196 Å². The maximum absolute atomic E-state index is 13.2. The van der Waals surface area contributed by atoms with Crippen molar-refractivity contribution in [3.63, 3.8) is 0 Å². The van der Waals surface area contributed by atoms with Crippen LogP contribution >= 0.6 is 0 Å². The number of carbonyl (C=O) groups excluding carboxylic acids is 2. The van der Waals surface area contributed by atoms with Gasteiger partial charge in [-0.3, -0.25) is 9.69 Å². The lowest BCUT2D eigenvalue weighted by Crippen LogP contribution is -2.56. The molecule has 1 aromatic rings. The summed E-state index contributed by atoms with van der Waals surface area (Å²) in [5, 5.41) is 0. The molecule has 0 bridgehead atoms. The molecule has 3 fully saturated rings. The molecule has 0 spiro atoms. The number of hydrogen-bond donors (Lipinski definition) is 1. The number of rotatable bonds is 6. The van der Waals surface area contributed by atoms with Crippen LogP contribution in [0.3, 0.4) is 0 Å². The molecule has 2 aliphatic heterocycles. The van der Waals surface area contributed by atoms with Crippen molar-refractivity contribution in [2.75, 3.05) is 26.2 Å². The summed E-state index contributed by atoms with van der Waals surface area (Å²) in [6.45, 7) is 6.59. The number of carbonyl (C=O) groups is 2. The summed E-state index contributed by atoms with van der Waals surface area (Å²) in [5.41, 5.74) is 6.83. The van der Waals surface area contributed by atoms with Crippen LogP contribution in [0.5, 0.6) is 0 Å². The molecule has 1 atom stereocenters. The average molecular weight is 460 g/mol. The minimum absolute atomic E-state index is 0.0128. The van der Waals surface area contributed by atoms with Crippen molar-refractivity contribution in [2.45, 2.75) is 76.8 Å². The number of amides is 2. The monoisotopic (exact) mass is 459 g/mol.